The molecule has 0 amide bonds. The van der Waals surface area contributed by atoms with Crippen LogP contribution in [0.5, 0.6) is 0 Å². The summed E-state index contributed by atoms with van der Waals surface area (Å²) in [4.78, 5) is 7.01. The molecular weight excluding hydrogens is 93.0 g/mol. The highest BCUT2D eigenvalue weighted by Crippen LogP contribution is 1.84. The summed E-state index contributed by atoms with van der Waals surface area (Å²) in [5.41, 5.74) is 0. The van der Waals surface area contributed by atoms with Crippen LogP contribution >= 0.6 is 7.91 Å². The zero-order chi connectivity index (χ0) is 3.58. The SMILES string of the molecule is N.O=P(=O)O. The van der Waals surface area contributed by atoms with Crippen LogP contribution in [-0.4, -0.2) is 4.89 Å². The Morgan fingerprint density at radius 3 is 1.40 bits per heavy atom. The second-order valence-corrected chi connectivity index (χ2v) is 0.714. The van der Waals surface area contributed by atoms with E-state index in [9.17, 15) is 0 Å². The first kappa shape index (κ1) is 8.84. The average molecular weight is 97.0 g/mol. The Balaban J connectivity index is 0. The lowest BCUT2D eigenvalue weighted by Gasteiger charge is -1.35. The lowest BCUT2D eigenvalue weighted by atomic mass is 14.0. The molecule has 0 rings (SSSR count). The van der Waals surface area contributed by atoms with Gasteiger partial charge in [-0.25, -0.2) is 9.13 Å². The summed E-state index contributed by atoms with van der Waals surface area (Å²) in [5.74, 6) is 0. The fraction of sp³-hybridized carbons (Fsp3) is 0. The Hall–Kier alpha value is -0.180. The molecule has 0 atom stereocenters. The minimum absolute atomic E-state index is 0. The molecule has 0 saturated heterocycles. The van der Waals surface area contributed by atoms with Crippen molar-refractivity contribution in [2.75, 3.05) is 0 Å². The molecular formula is H4NO3P. The van der Waals surface area contributed by atoms with Crippen molar-refractivity contribution in [3.8, 4) is 0 Å². The fourth-order valence-electron chi connectivity index (χ4n) is 0. The molecule has 32 valence electrons. The van der Waals surface area contributed by atoms with Gasteiger partial charge in [-0.15, -0.1) is 0 Å². The van der Waals surface area contributed by atoms with Crippen molar-refractivity contribution in [1.29, 1.82) is 0 Å². The third kappa shape index (κ3) is 391. The molecule has 0 aliphatic rings. The van der Waals surface area contributed by atoms with Gasteiger partial charge in [0.15, 0.2) is 0 Å². The zero-order valence-corrected chi connectivity index (χ0v) is 3.31. The van der Waals surface area contributed by atoms with Crippen LogP contribution in [0, 0.1) is 0 Å². The fourth-order valence-corrected chi connectivity index (χ4v) is 0. The van der Waals surface area contributed by atoms with Crippen molar-refractivity contribution < 1.29 is 14.0 Å². The average Bonchev–Trinajstić information content (AvgIpc) is 0.811. The van der Waals surface area contributed by atoms with Crippen LogP contribution < -0.4 is 6.15 Å². The predicted octanol–water partition coefficient (Wildman–Crippen LogP) is 0.229. The largest absolute Gasteiger partial charge is 0.465 e. The lowest BCUT2D eigenvalue weighted by Crippen LogP contribution is -1.19. The number of rotatable bonds is 0. The van der Waals surface area contributed by atoms with Gasteiger partial charge in [-0.05, 0) is 0 Å². The molecule has 0 aliphatic carbocycles. The van der Waals surface area contributed by atoms with E-state index in [-0.39, 0.29) is 6.15 Å². The molecule has 5 heteroatoms. The molecule has 0 saturated carbocycles. The van der Waals surface area contributed by atoms with E-state index in [1.54, 1.807) is 0 Å². The maximum absolute atomic E-state index is 8.59. The Morgan fingerprint density at radius 2 is 1.40 bits per heavy atom. The second-order valence-electron chi connectivity index (χ2n) is 0.238. The van der Waals surface area contributed by atoms with Crippen LogP contribution in [-0.2, 0) is 9.13 Å². The molecule has 0 aromatic heterocycles. The van der Waals surface area contributed by atoms with Gasteiger partial charge in [0.25, 0.3) is 0 Å². The van der Waals surface area contributed by atoms with Gasteiger partial charge in [0, 0.05) is 0 Å². The molecule has 0 aromatic rings. The summed E-state index contributed by atoms with van der Waals surface area (Å²) >= 11 is 0. The number of hydrogen-bond donors (Lipinski definition) is 2. The van der Waals surface area contributed by atoms with Gasteiger partial charge in [0.2, 0.25) is 0 Å². The molecule has 0 heterocycles. The van der Waals surface area contributed by atoms with E-state index in [4.69, 9.17) is 14.0 Å². The van der Waals surface area contributed by atoms with Gasteiger partial charge < -0.3 is 6.15 Å². The van der Waals surface area contributed by atoms with E-state index >= 15 is 0 Å². The zero-order valence-electron chi connectivity index (χ0n) is 2.42. The normalized spacial score (nSPS) is 5.00. The Labute approximate surface area is 29.3 Å². The first-order valence-corrected chi connectivity index (χ1v) is 1.70. The summed E-state index contributed by atoms with van der Waals surface area (Å²) in [5, 5.41) is 0. The quantitative estimate of drug-likeness (QED) is 0.423. The van der Waals surface area contributed by atoms with Gasteiger partial charge in [-0.2, -0.15) is 0 Å². The summed E-state index contributed by atoms with van der Waals surface area (Å²) in [6.45, 7) is 0. The minimum atomic E-state index is -3.12. The molecule has 0 aromatic carbocycles. The van der Waals surface area contributed by atoms with E-state index in [2.05, 4.69) is 0 Å². The molecule has 0 unspecified atom stereocenters. The van der Waals surface area contributed by atoms with Crippen molar-refractivity contribution in [1.82, 2.24) is 6.15 Å². The molecule has 0 fully saturated rings. The van der Waals surface area contributed by atoms with E-state index in [1.165, 1.54) is 0 Å². The highest BCUT2D eigenvalue weighted by Gasteiger charge is 1.57. The molecule has 0 aliphatic heterocycles. The topological polar surface area (TPSA) is 89.4 Å². The molecule has 4 nitrogen and oxygen atoms in total. The van der Waals surface area contributed by atoms with Crippen LogP contribution in [0.3, 0.4) is 0 Å². The number of hydrogen-bond acceptors (Lipinski definition) is 3. The highest BCUT2D eigenvalue weighted by atomic mass is 31.1. The van der Waals surface area contributed by atoms with Crippen molar-refractivity contribution in [3.63, 3.8) is 0 Å². The smallest absolute Gasteiger partial charge is 0.344 e. The molecule has 5 heavy (non-hydrogen) atoms. The summed E-state index contributed by atoms with van der Waals surface area (Å²) in [7, 11) is -3.12. The van der Waals surface area contributed by atoms with Gasteiger partial charge in [-0.3, -0.25) is 4.89 Å². The van der Waals surface area contributed by atoms with E-state index in [1.807, 2.05) is 0 Å². The third-order valence-electron chi connectivity index (χ3n) is 0. The van der Waals surface area contributed by atoms with E-state index in [0.717, 1.165) is 0 Å². The first-order valence-electron chi connectivity index (χ1n) is 0.565. The lowest BCUT2D eigenvalue weighted by molar-refractivity contribution is 0.434. The van der Waals surface area contributed by atoms with Crippen molar-refractivity contribution in [2.45, 2.75) is 0 Å². The second kappa shape index (κ2) is 3.82. The van der Waals surface area contributed by atoms with Gasteiger partial charge in [0.05, 0.1) is 0 Å². The Kier molecular flexibility index (Phi) is 6.76. The maximum atomic E-state index is 8.59. The minimum Gasteiger partial charge on any atom is -0.344 e. The predicted molar refractivity (Wildman–Crippen MR) is 15.5 cm³/mol. The highest BCUT2D eigenvalue weighted by molar-refractivity contribution is 7.23. The van der Waals surface area contributed by atoms with Gasteiger partial charge >= 0.3 is 7.91 Å². The standard InChI is InChI=1S/H3N.HO3P/c;1-4(2)3/h1H3;(H,1,2,3). The van der Waals surface area contributed by atoms with Gasteiger partial charge in [-0.1, -0.05) is 0 Å². The van der Waals surface area contributed by atoms with Crippen molar-refractivity contribution in [2.24, 2.45) is 0 Å². The summed E-state index contributed by atoms with van der Waals surface area (Å²) in [6, 6.07) is 0. The first-order chi connectivity index (χ1) is 1.73. The van der Waals surface area contributed by atoms with E-state index in [0.29, 0.717) is 0 Å². The van der Waals surface area contributed by atoms with Crippen LogP contribution in [0.25, 0.3) is 0 Å². The molecule has 4 N–H and O–H groups in total. The van der Waals surface area contributed by atoms with Crippen LogP contribution in [0.1, 0.15) is 0 Å². The monoisotopic (exact) mass is 97.0 g/mol. The van der Waals surface area contributed by atoms with Crippen molar-refractivity contribution >= 4 is 7.91 Å². The van der Waals surface area contributed by atoms with Crippen LogP contribution in [0.15, 0.2) is 0 Å². The van der Waals surface area contributed by atoms with E-state index < -0.39 is 7.91 Å². The van der Waals surface area contributed by atoms with Crippen LogP contribution in [0.2, 0.25) is 0 Å². The van der Waals surface area contributed by atoms with Crippen LogP contribution in [0.4, 0.5) is 0 Å². The summed E-state index contributed by atoms with van der Waals surface area (Å²) in [6.07, 6.45) is 0. The molecule has 0 bridgehead atoms. The molecule has 0 spiro atoms. The maximum Gasteiger partial charge on any atom is 0.465 e. The third-order valence-corrected chi connectivity index (χ3v) is 0. The summed E-state index contributed by atoms with van der Waals surface area (Å²) < 4.78 is 17.2. The Bertz CT molecular complexity index is 55.3. The Morgan fingerprint density at radius 1 is 1.40 bits per heavy atom. The van der Waals surface area contributed by atoms with Crippen molar-refractivity contribution in [3.05, 3.63) is 0 Å². The molecule has 0 radical (unpaired) electrons. The van der Waals surface area contributed by atoms with Gasteiger partial charge in [0.1, 0.15) is 0 Å².